The number of nitrogens with two attached hydrogens (primary N) is 1. The van der Waals surface area contributed by atoms with Gasteiger partial charge in [0, 0.05) is 31.1 Å². The SMILES string of the molecule is CCn1c(CCC(N)=O)nnc1SCC(=O)Nc1c(C#N)c(C)c(C)n1C1CCCC1. The quantitative estimate of drug-likeness (QED) is 0.573. The van der Waals surface area contributed by atoms with E-state index in [1.807, 2.05) is 25.3 Å². The molecule has 2 heterocycles. The van der Waals surface area contributed by atoms with Crippen LogP contribution in [0.3, 0.4) is 0 Å². The van der Waals surface area contributed by atoms with Crippen molar-refractivity contribution in [3.63, 3.8) is 0 Å². The number of anilines is 1. The van der Waals surface area contributed by atoms with E-state index in [2.05, 4.69) is 26.2 Å². The van der Waals surface area contributed by atoms with Crippen LogP contribution in [-0.4, -0.2) is 36.9 Å². The van der Waals surface area contributed by atoms with Crippen molar-refractivity contribution in [3.05, 3.63) is 22.6 Å². The number of amides is 2. The van der Waals surface area contributed by atoms with Crippen LogP contribution in [0.25, 0.3) is 0 Å². The fourth-order valence-corrected chi connectivity index (χ4v) is 4.99. The monoisotopic (exact) mass is 443 g/mol. The van der Waals surface area contributed by atoms with Gasteiger partial charge in [-0.25, -0.2) is 0 Å². The van der Waals surface area contributed by atoms with Gasteiger partial charge in [0.25, 0.3) is 0 Å². The number of nitriles is 1. The lowest BCUT2D eigenvalue weighted by Crippen LogP contribution is -2.20. The first-order chi connectivity index (χ1) is 14.9. The minimum atomic E-state index is -0.386. The molecule has 0 aromatic carbocycles. The van der Waals surface area contributed by atoms with E-state index in [1.54, 1.807) is 0 Å². The van der Waals surface area contributed by atoms with Gasteiger partial charge >= 0.3 is 0 Å². The van der Waals surface area contributed by atoms with Crippen LogP contribution in [-0.2, 0) is 22.6 Å². The van der Waals surface area contributed by atoms with Gasteiger partial charge in [-0.2, -0.15) is 5.26 Å². The van der Waals surface area contributed by atoms with Gasteiger partial charge in [0.1, 0.15) is 17.7 Å². The smallest absolute Gasteiger partial charge is 0.235 e. The minimum Gasteiger partial charge on any atom is -0.370 e. The third-order valence-corrected chi connectivity index (χ3v) is 6.82. The molecule has 1 aliphatic carbocycles. The maximum Gasteiger partial charge on any atom is 0.235 e. The van der Waals surface area contributed by atoms with Crippen molar-refractivity contribution in [2.45, 2.75) is 77.0 Å². The third kappa shape index (κ3) is 4.93. The van der Waals surface area contributed by atoms with Crippen molar-refractivity contribution in [2.24, 2.45) is 5.73 Å². The van der Waals surface area contributed by atoms with Gasteiger partial charge in [-0.05, 0) is 39.2 Å². The van der Waals surface area contributed by atoms with E-state index in [0.29, 0.717) is 41.4 Å². The summed E-state index contributed by atoms with van der Waals surface area (Å²) in [4.78, 5) is 23.8. The van der Waals surface area contributed by atoms with Crippen LogP contribution in [0.15, 0.2) is 5.16 Å². The topological polar surface area (TPSA) is 132 Å². The minimum absolute atomic E-state index is 0.146. The van der Waals surface area contributed by atoms with Gasteiger partial charge in [-0.3, -0.25) is 9.59 Å². The van der Waals surface area contributed by atoms with E-state index in [-0.39, 0.29) is 24.0 Å². The number of hydrogen-bond donors (Lipinski definition) is 2. The Morgan fingerprint density at radius 1 is 1.29 bits per heavy atom. The summed E-state index contributed by atoms with van der Waals surface area (Å²) in [5.41, 5.74) is 7.72. The number of hydrogen-bond acceptors (Lipinski definition) is 6. The lowest BCUT2D eigenvalue weighted by molar-refractivity contribution is -0.118. The average Bonchev–Trinajstić information content (AvgIpc) is 3.44. The molecule has 166 valence electrons. The highest BCUT2D eigenvalue weighted by molar-refractivity contribution is 7.99. The number of nitrogens with zero attached hydrogens (tertiary/aromatic N) is 5. The van der Waals surface area contributed by atoms with Gasteiger partial charge < -0.3 is 20.2 Å². The second kappa shape index (κ2) is 10.0. The first kappa shape index (κ1) is 22.9. The number of aromatic nitrogens is 4. The maximum absolute atomic E-state index is 12.8. The summed E-state index contributed by atoms with van der Waals surface area (Å²) in [7, 11) is 0. The zero-order valence-electron chi connectivity index (χ0n) is 18.3. The molecular formula is C21H29N7O2S. The predicted octanol–water partition coefficient (Wildman–Crippen LogP) is 2.85. The fraction of sp³-hybridized carbons (Fsp3) is 0.571. The van der Waals surface area contributed by atoms with Gasteiger partial charge in [0.2, 0.25) is 11.8 Å². The van der Waals surface area contributed by atoms with Crippen LogP contribution in [0, 0.1) is 25.2 Å². The number of primary amides is 1. The van der Waals surface area contributed by atoms with Gasteiger partial charge in [-0.15, -0.1) is 10.2 Å². The molecule has 0 aliphatic heterocycles. The summed E-state index contributed by atoms with van der Waals surface area (Å²) >= 11 is 1.29. The van der Waals surface area contributed by atoms with Crippen LogP contribution in [0.5, 0.6) is 0 Å². The maximum atomic E-state index is 12.8. The molecule has 3 rings (SSSR count). The Kier molecular flexibility index (Phi) is 7.38. The number of rotatable bonds is 9. The Morgan fingerprint density at radius 2 is 2.00 bits per heavy atom. The highest BCUT2D eigenvalue weighted by atomic mass is 32.2. The van der Waals surface area contributed by atoms with Crippen molar-refractivity contribution in [3.8, 4) is 6.07 Å². The molecule has 1 aliphatic rings. The standard InChI is InChI=1S/C21H29N7O2S/c1-4-27-18(10-9-17(23)29)25-26-21(27)31-12-19(30)24-20-16(11-22)13(2)14(3)28(20)15-7-5-6-8-15/h15H,4-10,12H2,1-3H3,(H2,23,29)(H,24,30). The molecule has 0 saturated heterocycles. The molecule has 0 bridgehead atoms. The van der Waals surface area contributed by atoms with Crippen LogP contribution < -0.4 is 11.1 Å². The number of carbonyl (C=O) groups is 2. The summed E-state index contributed by atoms with van der Waals surface area (Å²) in [6.45, 7) is 6.53. The zero-order chi connectivity index (χ0) is 22.5. The van der Waals surface area contributed by atoms with E-state index in [0.717, 1.165) is 36.9 Å². The normalized spacial score (nSPS) is 14.0. The molecule has 2 amide bonds. The highest BCUT2D eigenvalue weighted by Crippen LogP contribution is 2.37. The molecule has 0 unspecified atom stereocenters. The largest absolute Gasteiger partial charge is 0.370 e. The second-order valence-electron chi connectivity index (χ2n) is 7.80. The van der Waals surface area contributed by atoms with E-state index in [4.69, 9.17) is 5.73 Å². The number of aryl methyl sites for hydroxylation is 1. The van der Waals surface area contributed by atoms with Crippen molar-refractivity contribution in [2.75, 3.05) is 11.1 Å². The Balaban J connectivity index is 1.73. The van der Waals surface area contributed by atoms with E-state index < -0.39 is 0 Å². The summed E-state index contributed by atoms with van der Waals surface area (Å²) in [5.74, 6) is 0.852. The van der Waals surface area contributed by atoms with Crippen LogP contribution in [0.2, 0.25) is 0 Å². The van der Waals surface area contributed by atoms with Gasteiger partial charge in [0.05, 0.1) is 11.3 Å². The molecule has 9 nitrogen and oxygen atoms in total. The van der Waals surface area contributed by atoms with Gasteiger partial charge in [-0.1, -0.05) is 24.6 Å². The number of nitrogens with one attached hydrogen (secondary N) is 1. The van der Waals surface area contributed by atoms with Crippen LogP contribution in [0.1, 0.15) is 67.7 Å². The van der Waals surface area contributed by atoms with Crippen LogP contribution in [0.4, 0.5) is 5.82 Å². The Hall–Kier alpha value is -2.80. The number of thioether (sulfide) groups is 1. The molecule has 3 N–H and O–H groups in total. The molecule has 2 aromatic rings. The van der Waals surface area contributed by atoms with Gasteiger partial charge in [0.15, 0.2) is 5.16 Å². The Bertz CT molecular complexity index is 1010. The van der Waals surface area contributed by atoms with Crippen molar-refractivity contribution >= 4 is 29.4 Å². The molecule has 1 fully saturated rings. The first-order valence-electron chi connectivity index (χ1n) is 10.6. The lowest BCUT2D eigenvalue weighted by atomic mass is 10.2. The Morgan fingerprint density at radius 3 is 2.61 bits per heavy atom. The number of carbonyl (C=O) groups excluding carboxylic acids is 2. The molecule has 0 atom stereocenters. The summed E-state index contributed by atoms with van der Waals surface area (Å²) in [6, 6.07) is 2.59. The second-order valence-corrected chi connectivity index (χ2v) is 8.74. The lowest BCUT2D eigenvalue weighted by Gasteiger charge is -2.19. The highest BCUT2D eigenvalue weighted by Gasteiger charge is 2.26. The molecule has 31 heavy (non-hydrogen) atoms. The summed E-state index contributed by atoms with van der Waals surface area (Å²) < 4.78 is 4.02. The summed E-state index contributed by atoms with van der Waals surface area (Å²) in [5, 5.41) is 21.6. The predicted molar refractivity (Wildman–Crippen MR) is 119 cm³/mol. The fourth-order valence-electron chi connectivity index (χ4n) is 4.17. The molecule has 2 aromatic heterocycles. The zero-order valence-corrected chi connectivity index (χ0v) is 19.1. The molecule has 10 heteroatoms. The molecule has 1 saturated carbocycles. The van der Waals surface area contributed by atoms with E-state index >= 15 is 0 Å². The summed E-state index contributed by atoms with van der Waals surface area (Å²) in [6.07, 6.45) is 5.07. The van der Waals surface area contributed by atoms with Crippen LogP contribution >= 0.6 is 11.8 Å². The van der Waals surface area contributed by atoms with E-state index in [9.17, 15) is 14.9 Å². The molecular weight excluding hydrogens is 414 g/mol. The van der Waals surface area contributed by atoms with Crippen molar-refractivity contribution in [1.29, 1.82) is 5.26 Å². The average molecular weight is 444 g/mol. The van der Waals surface area contributed by atoms with Crippen molar-refractivity contribution in [1.82, 2.24) is 19.3 Å². The Labute approximate surface area is 186 Å². The third-order valence-electron chi connectivity index (χ3n) is 5.85. The first-order valence-corrected chi connectivity index (χ1v) is 11.6. The van der Waals surface area contributed by atoms with E-state index in [1.165, 1.54) is 11.8 Å². The molecule has 0 spiro atoms. The van der Waals surface area contributed by atoms with Crippen molar-refractivity contribution < 1.29 is 9.59 Å². The molecule has 0 radical (unpaired) electrons.